The van der Waals surface area contributed by atoms with E-state index in [1.165, 1.54) is 6.07 Å². The van der Waals surface area contributed by atoms with Gasteiger partial charge in [0.05, 0.1) is 17.1 Å². The third kappa shape index (κ3) is 2.49. The molecule has 0 amide bonds. The van der Waals surface area contributed by atoms with Crippen LogP contribution in [-0.4, -0.2) is 9.55 Å². The standard InChI is InChI=1S/C16H14ClFN2S/c1-9-7-15-14(8-13(9)18)19-16(21)20(15)10(2)11-3-5-12(17)6-4-11/h3-8,10H,1-2H3,(H,19,21). The van der Waals surface area contributed by atoms with E-state index < -0.39 is 0 Å². The molecule has 3 rings (SSSR count). The number of fused-ring (bicyclic) bond motifs is 1. The normalized spacial score (nSPS) is 12.8. The van der Waals surface area contributed by atoms with E-state index in [0.29, 0.717) is 20.9 Å². The fourth-order valence-electron chi connectivity index (χ4n) is 2.53. The molecule has 0 fully saturated rings. The van der Waals surface area contributed by atoms with Crippen LogP contribution in [0.4, 0.5) is 4.39 Å². The maximum absolute atomic E-state index is 13.7. The first-order chi connectivity index (χ1) is 9.97. The van der Waals surface area contributed by atoms with Crippen molar-refractivity contribution in [2.45, 2.75) is 19.9 Å². The van der Waals surface area contributed by atoms with Crippen molar-refractivity contribution in [1.29, 1.82) is 0 Å². The average molecular weight is 321 g/mol. The number of aryl methyl sites for hydroxylation is 1. The van der Waals surface area contributed by atoms with Crippen LogP contribution in [0, 0.1) is 17.5 Å². The summed E-state index contributed by atoms with van der Waals surface area (Å²) in [5.41, 5.74) is 3.32. The first kappa shape index (κ1) is 14.3. The van der Waals surface area contributed by atoms with Gasteiger partial charge >= 0.3 is 0 Å². The van der Waals surface area contributed by atoms with Gasteiger partial charge in [-0.1, -0.05) is 23.7 Å². The van der Waals surface area contributed by atoms with Gasteiger partial charge in [-0.3, -0.25) is 0 Å². The maximum Gasteiger partial charge on any atom is 0.178 e. The highest BCUT2D eigenvalue weighted by Crippen LogP contribution is 2.27. The van der Waals surface area contributed by atoms with Gasteiger partial charge in [-0.05, 0) is 61.5 Å². The molecule has 0 spiro atoms. The molecule has 3 aromatic rings. The van der Waals surface area contributed by atoms with E-state index in [1.807, 2.05) is 34.9 Å². The Morgan fingerprint density at radius 2 is 1.90 bits per heavy atom. The number of nitrogens with zero attached hydrogens (tertiary/aromatic N) is 1. The molecule has 1 heterocycles. The van der Waals surface area contributed by atoms with Gasteiger partial charge in [0.15, 0.2) is 4.77 Å². The molecule has 0 saturated carbocycles. The zero-order valence-corrected chi connectivity index (χ0v) is 13.2. The molecular weight excluding hydrogens is 307 g/mol. The minimum Gasteiger partial charge on any atom is -0.330 e. The smallest absolute Gasteiger partial charge is 0.178 e. The lowest BCUT2D eigenvalue weighted by atomic mass is 10.1. The molecule has 0 bridgehead atoms. The van der Waals surface area contributed by atoms with Crippen molar-refractivity contribution >= 4 is 34.9 Å². The molecule has 2 aromatic carbocycles. The minimum absolute atomic E-state index is 0.0355. The monoisotopic (exact) mass is 320 g/mol. The average Bonchev–Trinajstić information content (AvgIpc) is 2.75. The van der Waals surface area contributed by atoms with Crippen LogP contribution in [0.3, 0.4) is 0 Å². The number of H-pyrrole nitrogens is 1. The molecule has 1 atom stereocenters. The van der Waals surface area contributed by atoms with E-state index in [1.54, 1.807) is 6.92 Å². The lowest BCUT2D eigenvalue weighted by Crippen LogP contribution is -2.06. The highest BCUT2D eigenvalue weighted by atomic mass is 35.5. The van der Waals surface area contributed by atoms with Crippen LogP contribution in [0.2, 0.25) is 5.02 Å². The second kappa shape index (κ2) is 5.28. The van der Waals surface area contributed by atoms with Crippen molar-refractivity contribution < 1.29 is 4.39 Å². The van der Waals surface area contributed by atoms with Crippen LogP contribution in [0.15, 0.2) is 36.4 Å². The summed E-state index contributed by atoms with van der Waals surface area (Å²) < 4.78 is 16.3. The Labute approximate surface area is 132 Å². The largest absolute Gasteiger partial charge is 0.330 e. The third-order valence-corrected chi connectivity index (χ3v) is 4.29. The van der Waals surface area contributed by atoms with Gasteiger partial charge in [0.2, 0.25) is 0 Å². The Kier molecular flexibility index (Phi) is 3.59. The van der Waals surface area contributed by atoms with Crippen molar-refractivity contribution in [3.8, 4) is 0 Å². The summed E-state index contributed by atoms with van der Waals surface area (Å²) in [5, 5.41) is 0.700. The minimum atomic E-state index is -0.231. The molecule has 0 saturated heterocycles. The van der Waals surface area contributed by atoms with E-state index in [4.69, 9.17) is 23.8 Å². The zero-order valence-electron chi connectivity index (χ0n) is 11.7. The number of hydrogen-bond donors (Lipinski definition) is 1. The van der Waals surface area contributed by atoms with Crippen LogP contribution in [0.5, 0.6) is 0 Å². The first-order valence-electron chi connectivity index (χ1n) is 6.63. The fourth-order valence-corrected chi connectivity index (χ4v) is 3.02. The van der Waals surface area contributed by atoms with E-state index in [0.717, 1.165) is 11.1 Å². The molecule has 108 valence electrons. The number of benzene rings is 2. The van der Waals surface area contributed by atoms with Crippen LogP contribution < -0.4 is 0 Å². The highest BCUT2D eigenvalue weighted by Gasteiger charge is 2.14. The molecule has 1 aromatic heterocycles. The molecule has 2 nitrogen and oxygen atoms in total. The molecule has 0 radical (unpaired) electrons. The van der Waals surface area contributed by atoms with Crippen LogP contribution in [0.25, 0.3) is 11.0 Å². The second-order valence-corrected chi connectivity index (χ2v) is 5.97. The van der Waals surface area contributed by atoms with Crippen LogP contribution in [0.1, 0.15) is 24.1 Å². The predicted molar refractivity (Wildman–Crippen MR) is 87.1 cm³/mol. The number of nitrogens with one attached hydrogen (secondary N) is 1. The Balaban J connectivity index is 2.19. The van der Waals surface area contributed by atoms with Gasteiger partial charge in [0, 0.05) is 5.02 Å². The van der Waals surface area contributed by atoms with E-state index in [-0.39, 0.29) is 11.9 Å². The molecule has 5 heteroatoms. The molecular formula is C16H14ClFN2S. The van der Waals surface area contributed by atoms with E-state index >= 15 is 0 Å². The second-order valence-electron chi connectivity index (χ2n) is 5.15. The number of rotatable bonds is 2. The van der Waals surface area contributed by atoms with Crippen molar-refractivity contribution in [1.82, 2.24) is 9.55 Å². The molecule has 1 unspecified atom stereocenters. The van der Waals surface area contributed by atoms with E-state index in [2.05, 4.69) is 11.9 Å². The molecule has 0 aliphatic carbocycles. The van der Waals surface area contributed by atoms with Crippen molar-refractivity contribution in [2.24, 2.45) is 0 Å². The summed E-state index contributed by atoms with van der Waals surface area (Å²) >= 11 is 11.3. The van der Waals surface area contributed by atoms with E-state index in [9.17, 15) is 4.39 Å². The number of halogens is 2. The number of hydrogen-bond acceptors (Lipinski definition) is 1. The van der Waals surface area contributed by atoms with Gasteiger partial charge in [0.25, 0.3) is 0 Å². The Morgan fingerprint density at radius 1 is 1.24 bits per heavy atom. The number of imidazole rings is 1. The Hall–Kier alpha value is -1.65. The SMILES string of the molecule is Cc1cc2c(cc1F)[nH]c(=S)n2C(C)c1ccc(Cl)cc1. The summed E-state index contributed by atoms with van der Waals surface area (Å²) in [6.45, 7) is 3.81. The molecule has 0 aliphatic rings. The summed E-state index contributed by atoms with van der Waals surface area (Å²) in [4.78, 5) is 3.07. The lowest BCUT2D eigenvalue weighted by Gasteiger charge is -2.15. The topological polar surface area (TPSA) is 20.7 Å². The van der Waals surface area contributed by atoms with Gasteiger partial charge in [-0.15, -0.1) is 0 Å². The van der Waals surface area contributed by atoms with Gasteiger partial charge in [-0.2, -0.15) is 0 Å². The van der Waals surface area contributed by atoms with Crippen molar-refractivity contribution in [3.05, 3.63) is 63.1 Å². The molecule has 21 heavy (non-hydrogen) atoms. The lowest BCUT2D eigenvalue weighted by molar-refractivity contribution is 0.619. The highest BCUT2D eigenvalue weighted by molar-refractivity contribution is 7.71. The maximum atomic E-state index is 13.7. The summed E-state index contributed by atoms with van der Waals surface area (Å²) in [6, 6.07) is 11.0. The van der Waals surface area contributed by atoms with Gasteiger partial charge in [0.1, 0.15) is 5.82 Å². The predicted octanol–water partition coefficient (Wildman–Crippen LogP) is 5.41. The van der Waals surface area contributed by atoms with Crippen molar-refractivity contribution in [2.75, 3.05) is 0 Å². The summed E-state index contributed by atoms with van der Waals surface area (Å²) in [7, 11) is 0. The summed E-state index contributed by atoms with van der Waals surface area (Å²) in [6.07, 6.45) is 0. The molecule has 1 N–H and O–H groups in total. The Bertz CT molecular complexity index is 864. The van der Waals surface area contributed by atoms with Crippen LogP contribution >= 0.6 is 23.8 Å². The summed E-state index contributed by atoms with van der Waals surface area (Å²) in [5.74, 6) is -0.231. The third-order valence-electron chi connectivity index (χ3n) is 3.74. The Morgan fingerprint density at radius 3 is 2.57 bits per heavy atom. The zero-order chi connectivity index (χ0) is 15.1. The number of aromatic nitrogens is 2. The van der Waals surface area contributed by atoms with Gasteiger partial charge in [-0.25, -0.2) is 4.39 Å². The first-order valence-corrected chi connectivity index (χ1v) is 7.42. The van der Waals surface area contributed by atoms with Crippen LogP contribution in [-0.2, 0) is 0 Å². The number of aromatic amines is 1. The van der Waals surface area contributed by atoms with Gasteiger partial charge < -0.3 is 9.55 Å². The quantitative estimate of drug-likeness (QED) is 0.626. The van der Waals surface area contributed by atoms with Crippen molar-refractivity contribution in [3.63, 3.8) is 0 Å². The molecule has 0 aliphatic heterocycles. The fraction of sp³-hybridized carbons (Fsp3) is 0.188.